The van der Waals surface area contributed by atoms with Crippen molar-refractivity contribution in [3.8, 4) is 0 Å². The third-order valence-electron chi connectivity index (χ3n) is 2.87. The van der Waals surface area contributed by atoms with Crippen molar-refractivity contribution in [3.05, 3.63) is 23.3 Å². The molecule has 0 aromatic heterocycles. The van der Waals surface area contributed by atoms with E-state index >= 15 is 0 Å². The number of hydrogen-bond donors (Lipinski definition) is 1. The minimum Gasteiger partial charge on any atom is -0.462 e. The third kappa shape index (κ3) is 4.56. The lowest BCUT2D eigenvalue weighted by atomic mass is 10.1. The summed E-state index contributed by atoms with van der Waals surface area (Å²) in [5, 5.41) is 0.129. The highest BCUT2D eigenvalue weighted by Gasteiger charge is 2.35. The standard InChI is InChI=1S/C14H18F3NO2S/c1-4-8(3)21-9-6-10(13(19)20-5-2)12(18)11(7-9)14(15,16)17/h6-8H,4-5,18H2,1-3H3. The van der Waals surface area contributed by atoms with Gasteiger partial charge in [0, 0.05) is 10.1 Å². The second-order valence-corrected chi connectivity index (χ2v) is 6.00. The van der Waals surface area contributed by atoms with Gasteiger partial charge in [0.2, 0.25) is 0 Å². The maximum absolute atomic E-state index is 13.0. The van der Waals surface area contributed by atoms with Gasteiger partial charge in [-0.25, -0.2) is 4.79 Å². The number of ether oxygens (including phenoxy) is 1. The molecule has 0 fully saturated rings. The molecule has 1 unspecified atom stereocenters. The summed E-state index contributed by atoms with van der Waals surface area (Å²) in [5.41, 5.74) is 3.67. The van der Waals surface area contributed by atoms with Gasteiger partial charge in [-0.05, 0) is 25.5 Å². The average molecular weight is 321 g/mol. The van der Waals surface area contributed by atoms with Crippen molar-refractivity contribution >= 4 is 23.4 Å². The maximum atomic E-state index is 13.0. The monoisotopic (exact) mass is 321 g/mol. The van der Waals surface area contributed by atoms with Crippen molar-refractivity contribution in [1.82, 2.24) is 0 Å². The number of nitrogen functional groups attached to an aromatic ring is 1. The highest BCUT2D eigenvalue weighted by Crippen LogP contribution is 2.39. The zero-order valence-electron chi connectivity index (χ0n) is 12.1. The molecule has 0 saturated carbocycles. The molecule has 0 amide bonds. The van der Waals surface area contributed by atoms with Gasteiger partial charge in [-0.2, -0.15) is 13.2 Å². The summed E-state index contributed by atoms with van der Waals surface area (Å²) in [6.07, 6.45) is -3.82. The summed E-state index contributed by atoms with van der Waals surface area (Å²) < 4.78 is 43.9. The fourth-order valence-electron chi connectivity index (χ4n) is 1.62. The van der Waals surface area contributed by atoms with Crippen LogP contribution in [0.4, 0.5) is 18.9 Å². The Kier molecular flexibility index (Phi) is 5.95. The fourth-order valence-corrected chi connectivity index (χ4v) is 2.63. The lowest BCUT2D eigenvalue weighted by Gasteiger charge is -2.16. The molecule has 0 aliphatic rings. The molecule has 2 N–H and O–H groups in total. The van der Waals surface area contributed by atoms with Gasteiger partial charge in [0.15, 0.2) is 0 Å². The molecule has 0 aliphatic carbocycles. The number of hydrogen-bond acceptors (Lipinski definition) is 4. The van der Waals surface area contributed by atoms with Crippen LogP contribution in [0.15, 0.2) is 17.0 Å². The molecule has 118 valence electrons. The molecule has 3 nitrogen and oxygen atoms in total. The Hall–Kier alpha value is -1.37. The van der Waals surface area contributed by atoms with Crippen LogP contribution in [-0.4, -0.2) is 17.8 Å². The van der Waals surface area contributed by atoms with Crippen molar-refractivity contribution in [3.63, 3.8) is 0 Å². The van der Waals surface area contributed by atoms with Crippen LogP contribution < -0.4 is 5.73 Å². The van der Waals surface area contributed by atoms with Crippen molar-refractivity contribution in [2.75, 3.05) is 12.3 Å². The highest BCUT2D eigenvalue weighted by molar-refractivity contribution is 7.99. The van der Waals surface area contributed by atoms with Crippen LogP contribution in [0.2, 0.25) is 0 Å². The molecule has 0 radical (unpaired) electrons. The molecule has 7 heteroatoms. The molecule has 0 bridgehead atoms. The Bertz CT molecular complexity index is 518. The number of halogens is 3. The van der Waals surface area contributed by atoms with E-state index in [9.17, 15) is 18.0 Å². The molecular weight excluding hydrogens is 303 g/mol. The van der Waals surface area contributed by atoms with Gasteiger partial charge in [-0.1, -0.05) is 13.8 Å². The Morgan fingerprint density at radius 2 is 2.00 bits per heavy atom. The first-order valence-electron chi connectivity index (χ1n) is 6.55. The highest BCUT2D eigenvalue weighted by atomic mass is 32.2. The van der Waals surface area contributed by atoms with Crippen LogP contribution in [-0.2, 0) is 10.9 Å². The molecule has 0 aliphatic heterocycles. The lowest BCUT2D eigenvalue weighted by molar-refractivity contribution is -0.137. The van der Waals surface area contributed by atoms with Gasteiger partial charge in [0.1, 0.15) is 0 Å². The van der Waals surface area contributed by atoms with Crippen LogP contribution in [0.5, 0.6) is 0 Å². The van der Waals surface area contributed by atoms with E-state index in [0.717, 1.165) is 12.5 Å². The molecule has 1 rings (SSSR count). The van der Waals surface area contributed by atoms with E-state index < -0.39 is 23.4 Å². The molecule has 1 aromatic rings. The van der Waals surface area contributed by atoms with Gasteiger partial charge in [0.25, 0.3) is 0 Å². The Labute approximate surface area is 126 Å². The van der Waals surface area contributed by atoms with E-state index in [2.05, 4.69) is 0 Å². The van der Waals surface area contributed by atoms with Gasteiger partial charge in [-0.3, -0.25) is 0 Å². The summed E-state index contributed by atoms with van der Waals surface area (Å²) in [7, 11) is 0. The summed E-state index contributed by atoms with van der Waals surface area (Å²) >= 11 is 1.27. The molecule has 0 saturated heterocycles. The molecule has 0 heterocycles. The Morgan fingerprint density at radius 3 is 2.48 bits per heavy atom. The van der Waals surface area contributed by atoms with Gasteiger partial charge in [-0.15, -0.1) is 11.8 Å². The molecule has 21 heavy (non-hydrogen) atoms. The Morgan fingerprint density at radius 1 is 1.38 bits per heavy atom. The number of alkyl halides is 3. The van der Waals surface area contributed by atoms with E-state index in [0.29, 0.717) is 4.90 Å². The summed E-state index contributed by atoms with van der Waals surface area (Å²) in [5.74, 6) is -0.841. The van der Waals surface area contributed by atoms with Crippen molar-refractivity contribution in [1.29, 1.82) is 0 Å². The summed E-state index contributed by atoms with van der Waals surface area (Å²) in [6, 6.07) is 2.34. The average Bonchev–Trinajstić information content (AvgIpc) is 2.39. The van der Waals surface area contributed by atoms with Crippen LogP contribution in [0.25, 0.3) is 0 Å². The number of thioether (sulfide) groups is 1. The predicted octanol–water partition coefficient (Wildman–Crippen LogP) is 4.35. The zero-order chi connectivity index (χ0) is 16.2. The molecule has 0 spiro atoms. The number of esters is 1. The zero-order valence-corrected chi connectivity index (χ0v) is 12.9. The first-order valence-corrected chi connectivity index (χ1v) is 7.43. The summed E-state index contributed by atoms with van der Waals surface area (Å²) in [4.78, 5) is 12.1. The minimum absolute atomic E-state index is 0.0718. The largest absolute Gasteiger partial charge is 0.462 e. The number of benzene rings is 1. The number of carbonyl (C=O) groups excluding carboxylic acids is 1. The van der Waals surface area contributed by atoms with E-state index in [-0.39, 0.29) is 17.4 Å². The normalized spacial score (nSPS) is 13.0. The van der Waals surface area contributed by atoms with Crippen LogP contribution in [0.3, 0.4) is 0 Å². The molecule has 1 aromatic carbocycles. The second kappa shape index (κ2) is 7.06. The van der Waals surface area contributed by atoms with E-state index in [1.165, 1.54) is 17.8 Å². The quantitative estimate of drug-likeness (QED) is 0.497. The minimum atomic E-state index is -4.61. The van der Waals surface area contributed by atoms with Crippen molar-refractivity contribution < 1.29 is 22.7 Å². The SMILES string of the molecule is CCOC(=O)c1cc(SC(C)CC)cc(C(F)(F)F)c1N. The third-order valence-corrected chi connectivity index (χ3v) is 4.11. The van der Waals surface area contributed by atoms with E-state index in [4.69, 9.17) is 10.5 Å². The lowest BCUT2D eigenvalue weighted by Crippen LogP contribution is -2.15. The van der Waals surface area contributed by atoms with Gasteiger partial charge in [0.05, 0.1) is 23.4 Å². The maximum Gasteiger partial charge on any atom is 0.418 e. The summed E-state index contributed by atoms with van der Waals surface area (Å²) in [6.45, 7) is 5.49. The van der Waals surface area contributed by atoms with Crippen LogP contribution >= 0.6 is 11.8 Å². The first-order chi connectivity index (χ1) is 9.70. The van der Waals surface area contributed by atoms with Crippen molar-refractivity contribution in [2.24, 2.45) is 0 Å². The molecule has 1 atom stereocenters. The number of nitrogens with two attached hydrogens (primary N) is 1. The Balaban J connectivity index is 3.35. The predicted molar refractivity (Wildman–Crippen MR) is 77.4 cm³/mol. The fraction of sp³-hybridized carbons (Fsp3) is 0.500. The van der Waals surface area contributed by atoms with E-state index in [1.807, 2.05) is 13.8 Å². The number of carbonyl (C=O) groups is 1. The smallest absolute Gasteiger partial charge is 0.418 e. The van der Waals surface area contributed by atoms with Crippen LogP contribution in [0, 0.1) is 0 Å². The first kappa shape index (κ1) is 17.7. The van der Waals surface area contributed by atoms with Gasteiger partial charge < -0.3 is 10.5 Å². The number of anilines is 1. The topological polar surface area (TPSA) is 52.3 Å². The van der Waals surface area contributed by atoms with Crippen LogP contribution in [0.1, 0.15) is 43.1 Å². The van der Waals surface area contributed by atoms with Gasteiger partial charge >= 0.3 is 12.1 Å². The van der Waals surface area contributed by atoms with Crippen molar-refractivity contribution in [2.45, 2.75) is 43.5 Å². The number of rotatable bonds is 5. The molecular formula is C14H18F3NO2S. The second-order valence-electron chi connectivity index (χ2n) is 4.49. The van der Waals surface area contributed by atoms with E-state index in [1.54, 1.807) is 6.92 Å².